The van der Waals surface area contributed by atoms with Crippen molar-refractivity contribution in [3.63, 3.8) is 0 Å². The summed E-state index contributed by atoms with van der Waals surface area (Å²) in [5.41, 5.74) is 5.93. The number of nitrogens with zero attached hydrogens (tertiary/aromatic N) is 1. The first-order valence-electron chi connectivity index (χ1n) is 10.9. The maximum Gasteiger partial charge on any atom is 0.261 e. The molecule has 3 amide bonds. The fourth-order valence-electron chi connectivity index (χ4n) is 3.81. The van der Waals surface area contributed by atoms with Gasteiger partial charge < -0.3 is 10.1 Å². The van der Waals surface area contributed by atoms with E-state index in [2.05, 4.69) is 10.7 Å². The van der Waals surface area contributed by atoms with Crippen molar-refractivity contribution in [1.29, 1.82) is 0 Å². The molecule has 7 nitrogen and oxygen atoms in total. The molecule has 8 heteroatoms. The van der Waals surface area contributed by atoms with Crippen LogP contribution in [0.4, 0.5) is 5.69 Å². The summed E-state index contributed by atoms with van der Waals surface area (Å²) in [5.74, 6) is -1.25. The number of hydrogen-bond acceptors (Lipinski definition) is 4. The summed E-state index contributed by atoms with van der Waals surface area (Å²) in [4.78, 5) is 38.5. The van der Waals surface area contributed by atoms with E-state index < -0.39 is 23.8 Å². The Kier molecular flexibility index (Phi) is 6.84. The summed E-state index contributed by atoms with van der Waals surface area (Å²) in [5, 5.41) is 4.43. The topological polar surface area (TPSA) is 87.7 Å². The lowest BCUT2D eigenvalue weighted by atomic mass is 9.92. The molecule has 3 aromatic carbocycles. The third kappa shape index (κ3) is 4.89. The number of hydrazine groups is 1. The molecule has 3 aromatic rings. The number of nitrogens with one attached hydrogen (secondary N) is 2. The van der Waals surface area contributed by atoms with Crippen molar-refractivity contribution in [3.8, 4) is 16.9 Å². The molecule has 0 aromatic heterocycles. The van der Waals surface area contributed by atoms with Crippen LogP contribution in [0, 0.1) is 0 Å². The predicted octanol–water partition coefficient (Wildman–Crippen LogP) is 4.07. The van der Waals surface area contributed by atoms with Crippen LogP contribution in [-0.4, -0.2) is 30.4 Å². The van der Waals surface area contributed by atoms with Crippen LogP contribution in [-0.2, 0) is 14.4 Å². The molecule has 2 atom stereocenters. The van der Waals surface area contributed by atoms with E-state index in [1.54, 1.807) is 37.3 Å². The molecule has 4 rings (SSSR count). The molecule has 0 aliphatic carbocycles. The molecule has 174 valence electrons. The van der Waals surface area contributed by atoms with Gasteiger partial charge in [0.25, 0.3) is 17.7 Å². The molecule has 1 unspecified atom stereocenters. The quantitative estimate of drug-likeness (QED) is 0.560. The molecule has 0 saturated heterocycles. The molecular formula is C26H24ClN3O4. The Bertz CT molecular complexity index is 1230. The highest BCUT2D eigenvalue weighted by atomic mass is 35.5. The van der Waals surface area contributed by atoms with Crippen LogP contribution >= 0.6 is 11.6 Å². The first-order valence-corrected chi connectivity index (χ1v) is 11.2. The predicted molar refractivity (Wildman–Crippen MR) is 130 cm³/mol. The van der Waals surface area contributed by atoms with Gasteiger partial charge in [-0.15, -0.1) is 0 Å². The van der Waals surface area contributed by atoms with E-state index in [1.165, 1.54) is 5.01 Å². The van der Waals surface area contributed by atoms with Gasteiger partial charge in [0.1, 0.15) is 11.8 Å². The Morgan fingerprint density at radius 2 is 1.65 bits per heavy atom. The number of rotatable bonds is 6. The summed E-state index contributed by atoms with van der Waals surface area (Å²) in [6, 6.07) is 20.8. The van der Waals surface area contributed by atoms with Crippen molar-refractivity contribution in [2.75, 3.05) is 11.6 Å². The van der Waals surface area contributed by atoms with Gasteiger partial charge in [0, 0.05) is 10.6 Å². The summed E-state index contributed by atoms with van der Waals surface area (Å²) in [7, 11) is 0. The molecule has 2 N–H and O–H groups in total. The number of hydrogen-bond donors (Lipinski definition) is 2. The van der Waals surface area contributed by atoms with Crippen molar-refractivity contribution in [2.24, 2.45) is 0 Å². The first-order chi connectivity index (χ1) is 16.3. The molecule has 1 aliphatic rings. The van der Waals surface area contributed by atoms with Crippen molar-refractivity contribution in [1.82, 2.24) is 10.7 Å². The molecule has 1 heterocycles. The number of fused-ring (bicyclic) bond motifs is 3. The summed E-state index contributed by atoms with van der Waals surface area (Å²) in [6.45, 7) is 3.09. The van der Waals surface area contributed by atoms with E-state index in [-0.39, 0.29) is 12.5 Å². The van der Waals surface area contributed by atoms with Crippen LogP contribution in [0.5, 0.6) is 5.75 Å². The minimum Gasteiger partial charge on any atom is -0.484 e. The third-order valence-electron chi connectivity index (χ3n) is 5.63. The van der Waals surface area contributed by atoms with Crippen LogP contribution < -0.4 is 20.5 Å². The highest BCUT2D eigenvalue weighted by Crippen LogP contribution is 2.39. The monoisotopic (exact) mass is 477 g/mol. The second kappa shape index (κ2) is 9.97. The van der Waals surface area contributed by atoms with Gasteiger partial charge in [0.05, 0.1) is 11.6 Å². The Morgan fingerprint density at radius 1 is 1.00 bits per heavy atom. The molecule has 0 radical (unpaired) electrons. The maximum absolute atomic E-state index is 13.3. The van der Waals surface area contributed by atoms with Crippen molar-refractivity contribution >= 4 is 35.0 Å². The van der Waals surface area contributed by atoms with Gasteiger partial charge in [0.2, 0.25) is 0 Å². The summed E-state index contributed by atoms with van der Waals surface area (Å²) >= 11 is 5.84. The smallest absolute Gasteiger partial charge is 0.261 e. The van der Waals surface area contributed by atoms with E-state index in [0.717, 1.165) is 16.7 Å². The molecular weight excluding hydrogens is 454 g/mol. The second-order valence-corrected chi connectivity index (χ2v) is 8.44. The van der Waals surface area contributed by atoms with E-state index >= 15 is 0 Å². The molecule has 0 fully saturated rings. The minimum absolute atomic E-state index is 0.267. The average Bonchev–Trinajstić information content (AvgIpc) is 2.93. The Morgan fingerprint density at radius 3 is 2.38 bits per heavy atom. The normalized spacial score (nSPS) is 15.4. The van der Waals surface area contributed by atoms with Gasteiger partial charge in [-0.05, 0) is 55.3 Å². The second-order valence-electron chi connectivity index (χ2n) is 8.01. The summed E-state index contributed by atoms with van der Waals surface area (Å²) < 4.78 is 5.42. The first kappa shape index (κ1) is 23.3. The van der Waals surface area contributed by atoms with Gasteiger partial charge in [0.15, 0.2) is 6.61 Å². The minimum atomic E-state index is -0.901. The third-order valence-corrected chi connectivity index (χ3v) is 5.88. The van der Waals surface area contributed by atoms with Gasteiger partial charge >= 0.3 is 0 Å². The molecule has 34 heavy (non-hydrogen) atoms. The van der Waals surface area contributed by atoms with Gasteiger partial charge in [-0.1, -0.05) is 54.1 Å². The van der Waals surface area contributed by atoms with E-state index in [1.807, 2.05) is 49.4 Å². The number of carbonyl (C=O) groups excluding carboxylic acids is 3. The molecule has 1 aliphatic heterocycles. The van der Waals surface area contributed by atoms with E-state index in [4.69, 9.17) is 16.3 Å². The van der Waals surface area contributed by atoms with Crippen molar-refractivity contribution in [2.45, 2.75) is 25.8 Å². The lowest BCUT2D eigenvalue weighted by molar-refractivity contribution is -0.131. The molecule has 0 saturated carbocycles. The zero-order chi connectivity index (χ0) is 24.2. The number of benzene rings is 3. The standard InChI is InChI=1S/C26H24ClN3O4/c1-16-20-7-3-4-8-21(20)22-9-5-6-10-23(22)30(26(16)33)29-25(32)17(2)28-24(31)15-34-19-13-11-18(27)12-14-19/h3-14,16-17H,15H2,1-2H3,(H,28,31)(H,29,32)/t16?,17-/m0/s1. The average molecular weight is 478 g/mol. The Balaban J connectivity index is 1.46. The van der Waals surface area contributed by atoms with Crippen LogP contribution in [0.2, 0.25) is 5.02 Å². The lowest BCUT2D eigenvalue weighted by Gasteiger charge is -2.27. The van der Waals surface area contributed by atoms with Gasteiger partial charge in [-0.25, -0.2) is 5.01 Å². The Labute approximate surface area is 202 Å². The lowest BCUT2D eigenvalue weighted by Crippen LogP contribution is -2.54. The van der Waals surface area contributed by atoms with Crippen LogP contribution in [0.3, 0.4) is 0 Å². The van der Waals surface area contributed by atoms with E-state index in [9.17, 15) is 14.4 Å². The number of carbonyl (C=O) groups is 3. The largest absolute Gasteiger partial charge is 0.484 e. The number of anilines is 1. The fourth-order valence-corrected chi connectivity index (χ4v) is 3.94. The zero-order valence-corrected chi connectivity index (χ0v) is 19.5. The van der Waals surface area contributed by atoms with E-state index in [0.29, 0.717) is 16.5 Å². The highest BCUT2D eigenvalue weighted by Gasteiger charge is 2.33. The number of halogens is 1. The highest BCUT2D eigenvalue weighted by molar-refractivity contribution is 6.30. The zero-order valence-electron chi connectivity index (χ0n) is 18.7. The molecule has 0 spiro atoms. The number of para-hydroxylation sites is 1. The van der Waals surface area contributed by atoms with Gasteiger partial charge in [-0.3, -0.25) is 19.8 Å². The summed E-state index contributed by atoms with van der Waals surface area (Å²) in [6.07, 6.45) is 0. The SMILES string of the molecule is CC1C(=O)N(NC(=O)[C@H](C)NC(=O)COc2ccc(Cl)cc2)c2ccccc2-c2ccccc21. The fraction of sp³-hybridized carbons (Fsp3) is 0.192. The Hall–Kier alpha value is -3.84. The van der Waals surface area contributed by atoms with Crippen LogP contribution in [0.1, 0.15) is 25.3 Å². The van der Waals surface area contributed by atoms with Crippen LogP contribution in [0.15, 0.2) is 72.8 Å². The number of amides is 3. The maximum atomic E-state index is 13.3. The number of ether oxygens (including phenoxy) is 1. The van der Waals surface area contributed by atoms with Crippen molar-refractivity contribution < 1.29 is 19.1 Å². The molecule has 0 bridgehead atoms. The van der Waals surface area contributed by atoms with Crippen molar-refractivity contribution in [3.05, 3.63) is 83.4 Å². The van der Waals surface area contributed by atoms with Gasteiger partial charge in [-0.2, -0.15) is 0 Å². The van der Waals surface area contributed by atoms with Crippen LogP contribution in [0.25, 0.3) is 11.1 Å².